The lowest BCUT2D eigenvalue weighted by molar-refractivity contribution is 0.194. The fourth-order valence-corrected chi connectivity index (χ4v) is 3.10. The molecule has 8 heteroatoms. The van der Waals surface area contributed by atoms with E-state index in [2.05, 4.69) is 0 Å². The predicted molar refractivity (Wildman–Crippen MR) is 68.8 cm³/mol. The van der Waals surface area contributed by atoms with Gasteiger partial charge >= 0.3 is 6.09 Å². The number of hydrogen-bond donors (Lipinski definition) is 2. The van der Waals surface area contributed by atoms with Crippen LogP contribution in [0.3, 0.4) is 0 Å². The van der Waals surface area contributed by atoms with Crippen molar-refractivity contribution >= 4 is 39.1 Å². The summed E-state index contributed by atoms with van der Waals surface area (Å²) in [6, 6.07) is 6.04. The summed E-state index contributed by atoms with van der Waals surface area (Å²) in [7, 11) is -4.05. The minimum Gasteiger partial charge on any atom is -0.465 e. The van der Waals surface area contributed by atoms with Gasteiger partial charge in [0.25, 0.3) is 0 Å². The number of aryl methyl sites for hydroxylation is 1. The number of nitrogens with one attached hydrogen (secondary N) is 1. The lowest BCUT2D eigenvalue weighted by Gasteiger charge is -2.20. The number of rotatable bonds is 4. The first kappa shape index (κ1) is 15.1. The Bertz CT molecular complexity index is 557. The van der Waals surface area contributed by atoms with Crippen molar-refractivity contribution in [2.45, 2.75) is 15.5 Å². The van der Waals surface area contributed by atoms with Crippen LogP contribution in [0.5, 0.6) is 0 Å². The minimum absolute atomic E-state index is 0.0558. The van der Waals surface area contributed by atoms with Crippen molar-refractivity contribution in [3.63, 3.8) is 0 Å². The highest BCUT2D eigenvalue weighted by Crippen LogP contribution is 2.33. The summed E-state index contributed by atoms with van der Waals surface area (Å²) in [5.74, 6) is 0. The van der Waals surface area contributed by atoms with Crippen molar-refractivity contribution < 1.29 is 18.3 Å². The van der Waals surface area contributed by atoms with E-state index in [9.17, 15) is 13.2 Å². The van der Waals surface area contributed by atoms with Gasteiger partial charge in [0.15, 0.2) is 0 Å². The SMILES string of the molecule is Cc1cccc(S(=O)(=O)C(Cl)(Cl)CNC(=O)O)c1. The van der Waals surface area contributed by atoms with Crippen LogP contribution in [0.15, 0.2) is 29.2 Å². The molecule has 0 aliphatic heterocycles. The maximum Gasteiger partial charge on any atom is 0.404 e. The van der Waals surface area contributed by atoms with Crippen molar-refractivity contribution in [1.82, 2.24) is 5.32 Å². The molecular weight excluding hydrogens is 301 g/mol. The van der Waals surface area contributed by atoms with Gasteiger partial charge in [0.1, 0.15) is 0 Å². The van der Waals surface area contributed by atoms with E-state index in [0.717, 1.165) is 5.56 Å². The highest BCUT2D eigenvalue weighted by Gasteiger charge is 2.41. The average molecular weight is 312 g/mol. The Morgan fingerprint density at radius 3 is 2.56 bits per heavy atom. The Morgan fingerprint density at radius 1 is 1.44 bits per heavy atom. The molecule has 1 amide bonds. The van der Waals surface area contributed by atoms with E-state index >= 15 is 0 Å². The molecule has 1 rings (SSSR count). The zero-order chi connectivity index (χ0) is 14.0. The molecule has 0 bridgehead atoms. The molecule has 2 N–H and O–H groups in total. The summed E-state index contributed by atoms with van der Waals surface area (Å²) in [6.45, 7) is 1.10. The molecule has 0 heterocycles. The lowest BCUT2D eigenvalue weighted by atomic mass is 10.2. The first-order chi connectivity index (χ1) is 8.17. The zero-order valence-corrected chi connectivity index (χ0v) is 11.7. The van der Waals surface area contributed by atoms with Crippen molar-refractivity contribution in [2.75, 3.05) is 6.54 Å². The van der Waals surface area contributed by atoms with Gasteiger partial charge in [-0.15, -0.1) is 0 Å². The van der Waals surface area contributed by atoms with Gasteiger partial charge in [0, 0.05) is 0 Å². The molecule has 18 heavy (non-hydrogen) atoms. The third kappa shape index (κ3) is 3.28. The fraction of sp³-hybridized carbons (Fsp3) is 0.300. The van der Waals surface area contributed by atoms with Gasteiger partial charge in [-0.25, -0.2) is 13.2 Å². The maximum atomic E-state index is 12.1. The van der Waals surface area contributed by atoms with Crippen LogP contribution in [-0.4, -0.2) is 29.8 Å². The van der Waals surface area contributed by atoms with Crippen molar-refractivity contribution in [2.24, 2.45) is 0 Å². The topological polar surface area (TPSA) is 83.5 Å². The van der Waals surface area contributed by atoms with Gasteiger partial charge in [0.05, 0.1) is 11.4 Å². The van der Waals surface area contributed by atoms with Gasteiger partial charge < -0.3 is 10.4 Å². The molecule has 100 valence electrons. The molecule has 0 atom stereocenters. The van der Waals surface area contributed by atoms with Crippen LogP contribution >= 0.6 is 23.2 Å². The van der Waals surface area contributed by atoms with E-state index in [1.807, 2.05) is 5.32 Å². The zero-order valence-electron chi connectivity index (χ0n) is 9.35. The van der Waals surface area contributed by atoms with Crippen LogP contribution < -0.4 is 5.32 Å². The van der Waals surface area contributed by atoms with Crippen LogP contribution in [0.25, 0.3) is 0 Å². The molecule has 1 aromatic rings. The molecule has 0 saturated heterocycles. The van der Waals surface area contributed by atoms with Gasteiger partial charge in [0.2, 0.25) is 13.5 Å². The number of amides is 1. The molecule has 0 spiro atoms. The largest absolute Gasteiger partial charge is 0.465 e. The standard InChI is InChI=1S/C10H11Cl2NO4S/c1-7-3-2-4-8(5-7)18(16,17)10(11,12)6-13-9(14)15/h2-5,13H,6H2,1H3,(H,14,15). The van der Waals surface area contributed by atoms with Crippen LogP contribution in [-0.2, 0) is 9.84 Å². The summed E-state index contributed by atoms with van der Waals surface area (Å²) in [5, 5.41) is 10.3. The van der Waals surface area contributed by atoms with Gasteiger partial charge in [-0.3, -0.25) is 0 Å². The lowest BCUT2D eigenvalue weighted by Crippen LogP contribution is -2.40. The van der Waals surface area contributed by atoms with Crippen LogP contribution in [0, 0.1) is 6.92 Å². The number of halogens is 2. The first-order valence-electron chi connectivity index (χ1n) is 4.83. The van der Waals surface area contributed by atoms with E-state index in [-0.39, 0.29) is 4.90 Å². The number of carboxylic acid groups (broad SMARTS) is 1. The number of benzene rings is 1. The number of hydrogen-bond acceptors (Lipinski definition) is 3. The fourth-order valence-electron chi connectivity index (χ4n) is 1.23. The number of carbonyl (C=O) groups is 1. The molecule has 0 aliphatic carbocycles. The highest BCUT2D eigenvalue weighted by molar-refractivity contribution is 7.95. The monoisotopic (exact) mass is 311 g/mol. The Balaban J connectivity index is 3.09. The molecule has 5 nitrogen and oxygen atoms in total. The van der Waals surface area contributed by atoms with E-state index in [4.69, 9.17) is 28.3 Å². The number of sulfone groups is 1. The summed E-state index contributed by atoms with van der Waals surface area (Å²) < 4.78 is 22.0. The van der Waals surface area contributed by atoms with Crippen LogP contribution in [0.2, 0.25) is 0 Å². The summed E-state index contributed by atoms with van der Waals surface area (Å²) in [4.78, 5) is 10.3. The van der Waals surface area contributed by atoms with Crippen LogP contribution in [0.4, 0.5) is 4.79 Å². The summed E-state index contributed by atoms with van der Waals surface area (Å²) in [6.07, 6.45) is -1.40. The van der Waals surface area contributed by atoms with Crippen molar-refractivity contribution in [1.29, 1.82) is 0 Å². The molecule has 0 fully saturated rings. The Morgan fingerprint density at radius 2 is 2.06 bits per heavy atom. The Hall–Kier alpha value is -0.980. The van der Waals surface area contributed by atoms with E-state index < -0.39 is 26.1 Å². The van der Waals surface area contributed by atoms with E-state index in [1.54, 1.807) is 19.1 Å². The third-order valence-electron chi connectivity index (χ3n) is 2.14. The molecule has 0 aromatic heterocycles. The molecule has 0 radical (unpaired) electrons. The average Bonchev–Trinajstić information content (AvgIpc) is 2.26. The molecular formula is C10H11Cl2NO4S. The van der Waals surface area contributed by atoms with Gasteiger partial charge in [-0.2, -0.15) is 0 Å². The normalized spacial score (nSPS) is 12.2. The van der Waals surface area contributed by atoms with E-state index in [1.165, 1.54) is 12.1 Å². The second kappa shape index (κ2) is 5.34. The number of alkyl halides is 2. The molecule has 1 aromatic carbocycles. The van der Waals surface area contributed by atoms with Crippen LogP contribution in [0.1, 0.15) is 5.56 Å². The van der Waals surface area contributed by atoms with Crippen molar-refractivity contribution in [3.8, 4) is 0 Å². The quantitative estimate of drug-likeness (QED) is 0.835. The van der Waals surface area contributed by atoms with Gasteiger partial charge in [-0.05, 0) is 24.6 Å². The Kier molecular flexibility index (Phi) is 4.47. The first-order valence-corrected chi connectivity index (χ1v) is 7.06. The molecule has 0 unspecified atom stereocenters. The maximum absolute atomic E-state index is 12.1. The second-order valence-corrected chi connectivity index (χ2v) is 7.72. The van der Waals surface area contributed by atoms with E-state index in [0.29, 0.717) is 0 Å². The van der Waals surface area contributed by atoms with Crippen molar-refractivity contribution in [3.05, 3.63) is 29.8 Å². The highest BCUT2D eigenvalue weighted by atomic mass is 35.5. The third-order valence-corrected chi connectivity index (χ3v) is 5.43. The molecule has 0 aliphatic rings. The van der Waals surface area contributed by atoms with Gasteiger partial charge in [-0.1, -0.05) is 35.3 Å². The smallest absolute Gasteiger partial charge is 0.404 e. The predicted octanol–water partition coefficient (Wildman–Crippen LogP) is 2.17. The summed E-state index contributed by atoms with van der Waals surface area (Å²) >= 11 is 11.4. The minimum atomic E-state index is -4.05. The Labute approximate surface area is 115 Å². The second-order valence-electron chi connectivity index (χ2n) is 3.62. The summed E-state index contributed by atoms with van der Waals surface area (Å²) in [5.41, 5.74) is 0.728. The molecule has 0 saturated carbocycles.